The van der Waals surface area contributed by atoms with Crippen LogP contribution in [0.4, 0.5) is 5.82 Å². The first-order valence-corrected chi connectivity index (χ1v) is 5.98. The van der Waals surface area contributed by atoms with Gasteiger partial charge in [0.25, 0.3) is 0 Å². The van der Waals surface area contributed by atoms with Crippen LogP contribution in [0.2, 0.25) is 0 Å². The lowest BCUT2D eigenvalue weighted by molar-refractivity contribution is -0.140. The zero-order valence-electron chi connectivity index (χ0n) is 10.0. The Labute approximate surface area is 109 Å². The Kier molecular flexibility index (Phi) is 2.83. The number of carboxylic acids is 1. The summed E-state index contributed by atoms with van der Waals surface area (Å²) in [6, 6.07) is 3.65. The van der Waals surface area contributed by atoms with Crippen molar-refractivity contribution in [3.8, 4) is 0 Å². The summed E-state index contributed by atoms with van der Waals surface area (Å²) in [5.41, 5.74) is 1.31. The molecule has 19 heavy (non-hydrogen) atoms. The molecule has 2 N–H and O–H groups in total. The number of fused-ring (bicyclic) bond motifs is 1. The van der Waals surface area contributed by atoms with Crippen molar-refractivity contribution < 1.29 is 9.90 Å². The van der Waals surface area contributed by atoms with Gasteiger partial charge >= 0.3 is 5.97 Å². The third-order valence-corrected chi connectivity index (χ3v) is 3.07. The van der Waals surface area contributed by atoms with Crippen LogP contribution in [-0.2, 0) is 4.79 Å². The molecule has 0 fully saturated rings. The van der Waals surface area contributed by atoms with E-state index in [0.717, 1.165) is 5.52 Å². The smallest absolute Gasteiger partial charge is 0.310 e. The summed E-state index contributed by atoms with van der Waals surface area (Å²) in [4.78, 5) is 23.5. The van der Waals surface area contributed by atoms with E-state index in [4.69, 9.17) is 5.11 Å². The van der Waals surface area contributed by atoms with Crippen molar-refractivity contribution in [2.75, 3.05) is 5.32 Å². The van der Waals surface area contributed by atoms with E-state index in [2.05, 4.69) is 20.3 Å². The number of rotatable bonds is 3. The highest BCUT2D eigenvalue weighted by molar-refractivity contribution is 5.74. The van der Waals surface area contributed by atoms with Crippen LogP contribution in [0, 0.1) is 5.92 Å². The fourth-order valence-corrected chi connectivity index (χ4v) is 2.11. The summed E-state index contributed by atoms with van der Waals surface area (Å²) < 4.78 is 0. The first-order chi connectivity index (χ1) is 9.22. The van der Waals surface area contributed by atoms with E-state index in [9.17, 15) is 4.79 Å². The average molecular weight is 256 g/mol. The van der Waals surface area contributed by atoms with E-state index < -0.39 is 11.9 Å². The van der Waals surface area contributed by atoms with Gasteiger partial charge in [-0.2, -0.15) is 0 Å². The molecule has 3 rings (SSSR count). The predicted octanol–water partition coefficient (Wildman–Crippen LogP) is 1.47. The fraction of sp³-hybridized carbons (Fsp3) is 0.231. The fourth-order valence-electron chi connectivity index (χ4n) is 2.11. The van der Waals surface area contributed by atoms with Gasteiger partial charge in [0.05, 0.1) is 5.92 Å². The van der Waals surface area contributed by atoms with Crippen molar-refractivity contribution in [3.05, 3.63) is 36.7 Å². The van der Waals surface area contributed by atoms with Crippen molar-refractivity contribution in [1.29, 1.82) is 0 Å². The second kappa shape index (κ2) is 4.64. The number of hydrogen-bond acceptors (Lipinski definition) is 5. The molecule has 2 atom stereocenters. The van der Waals surface area contributed by atoms with E-state index in [1.54, 1.807) is 18.5 Å². The van der Waals surface area contributed by atoms with Gasteiger partial charge in [-0.1, -0.05) is 12.2 Å². The topological polar surface area (TPSA) is 88.0 Å². The Morgan fingerprint density at radius 3 is 2.89 bits per heavy atom. The van der Waals surface area contributed by atoms with E-state index in [0.29, 0.717) is 17.9 Å². The predicted molar refractivity (Wildman–Crippen MR) is 69.6 cm³/mol. The maximum Gasteiger partial charge on any atom is 0.310 e. The Balaban J connectivity index is 1.76. The minimum absolute atomic E-state index is 0.0114. The highest BCUT2D eigenvalue weighted by atomic mass is 16.4. The maximum absolute atomic E-state index is 10.9. The van der Waals surface area contributed by atoms with Crippen molar-refractivity contribution in [2.24, 2.45) is 5.92 Å². The van der Waals surface area contributed by atoms with Gasteiger partial charge in [-0.05, 0) is 18.6 Å². The summed E-state index contributed by atoms with van der Waals surface area (Å²) in [6.07, 6.45) is 7.32. The van der Waals surface area contributed by atoms with Gasteiger partial charge in [-0.3, -0.25) is 9.78 Å². The third-order valence-electron chi connectivity index (χ3n) is 3.07. The van der Waals surface area contributed by atoms with Gasteiger partial charge in [0, 0.05) is 18.4 Å². The van der Waals surface area contributed by atoms with Gasteiger partial charge < -0.3 is 10.4 Å². The SMILES string of the molecule is O=C(O)C1C=CC(Nc2ccc3nccnc3n2)C1. The molecule has 6 nitrogen and oxygen atoms in total. The lowest BCUT2D eigenvalue weighted by atomic mass is 10.1. The van der Waals surface area contributed by atoms with Gasteiger partial charge in [0.2, 0.25) is 0 Å². The van der Waals surface area contributed by atoms with Crippen LogP contribution >= 0.6 is 0 Å². The monoisotopic (exact) mass is 256 g/mol. The average Bonchev–Trinajstić information content (AvgIpc) is 2.87. The lowest BCUT2D eigenvalue weighted by Crippen LogP contribution is -2.19. The molecule has 96 valence electrons. The molecule has 0 bridgehead atoms. The molecule has 0 aromatic carbocycles. The molecule has 0 amide bonds. The van der Waals surface area contributed by atoms with Crippen LogP contribution in [-0.4, -0.2) is 32.1 Å². The number of carboxylic acid groups (broad SMARTS) is 1. The van der Waals surface area contributed by atoms with Gasteiger partial charge in [0.1, 0.15) is 11.3 Å². The molecule has 0 spiro atoms. The molecular weight excluding hydrogens is 244 g/mol. The molecule has 0 saturated heterocycles. The largest absolute Gasteiger partial charge is 0.481 e. The van der Waals surface area contributed by atoms with Crippen LogP contribution in [0.15, 0.2) is 36.7 Å². The molecule has 2 aromatic heterocycles. The normalized spacial score (nSPS) is 21.7. The zero-order valence-corrected chi connectivity index (χ0v) is 10.0. The zero-order chi connectivity index (χ0) is 13.2. The van der Waals surface area contributed by atoms with E-state index in [1.807, 2.05) is 18.2 Å². The van der Waals surface area contributed by atoms with Crippen LogP contribution < -0.4 is 5.32 Å². The minimum atomic E-state index is -0.794. The first kappa shape index (κ1) is 11.6. The summed E-state index contributed by atoms with van der Waals surface area (Å²) in [7, 11) is 0. The third kappa shape index (κ3) is 2.37. The number of nitrogens with zero attached hydrogens (tertiary/aromatic N) is 3. The number of anilines is 1. The molecule has 2 heterocycles. The first-order valence-electron chi connectivity index (χ1n) is 5.98. The molecule has 1 aliphatic rings. The summed E-state index contributed by atoms with van der Waals surface area (Å²) in [6.45, 7) is 0. The Bertz CT molecular complexity index is 656. The molecule has 6 heteroatoms. The van der Waals surface area contributed by atoms with Crippen molar-refractivity contribution in [1.82, 2.24) is 15.0 Å². The summed E-state index contributed by atoms with van der Waals surface area (Å²) >= 11 is 0. The molecule has 0 aliphatic heterocycles. The highest BCUT2D eigenvalue weighted by Gasteiger charge is 2.24. The van der Waals surface area contributed by atoms with Crippen LogP contribution in [0.3, 0.4) is 0 Å². The van der Waals surface area contributed by atoms with Crippen LogP contribution in [0.25, 0.3) is 11.2 Å². The highest BCUT2D eigenvalue weighted by Crippen LogP contribution is 2.21. The van der Waals surface area contributed by atoms with E-state index in [-0.39, 0.29) is 6.04 Å². The van der Waals surface area contributed by atoms with Gasteiger partial charge in [-0.25, -0.2) is 9.97 Å². The molecule has 0 radical (unpaired) electrons. The molecule has 1 aliphatic carbocycles. The van der Waals surface area contributed by atoms with E-state index in [1.165, 1.54) is 0 Å². The summed E-state index contributed by atoms with van der Waals surface area (Å²) in [5, 5.41) is 12.1. The van der Waals surface area contributed by atoms with Crippen LogP contribution in [0.1, 0.15) is 6.42 Å². The van der Waals surface area contributed by atoms with Gasteiger partial charge in [0.15, 0.2) is 5.65 Å². The van der Waals surface area contributed by atoms with Crippen molar-refractivity contribution in [3.63, 3.8) is 0 Å². The Hall–Kier alpha value is -2.50. The molecule has 2 unspecified atom stereocenters. The van der Waals surface area contributed by atoms with Crippen LogP contribution in [0.5, 0.6) is 0 Å². The lowest BCUT2D eigenvalue weighted by Gasteiger charge is -2.12. The molecule has 0 saturated carbocycles. The standard InChI is InChI=1S/C13H12N4O2/c18-13(19)8-1-2-9(7-8)16-11-4-3-10-12(17-11)15-6-5-14-10/h1-6,8-9H,7H2,(H,18,19)(H,15,16,17). The minimum Gasteiger partial charge on any atom is -0.481 e. The molecular formula is C13H12N4O2. The maximum atomic E-state index is 10.9. The quantitative estimate of drug-likeness (QED) is 0.808. The number of aromatic nitrogens is 3. The number of hydrogen-bond donors (Lipinski definition) is 2. The van der Waals surface area contributed by atoms with Crippen molar-refractivity contribution in [2.45, 2.75) is 12.5 Å². The number of aliphatic carboxylic acids is 1. The number of pyridine rings is 1. The Morgan fingerprint density at radius 1 is 1.26 bits per heavy atom. The number of carbonyl (C=O) groups is 1. The second-order valence-electron chi connectivity index (χ2n) is 4.41. The van der Waals surface area contributed by atoms with Crippen molar-refractivity contribution >= 4 is 23.0 Å². The van der Waals surface area contributed by atoms with Gasteiger partial charge in [-0.15, -0.1) is 0 Å². The van der Waals surface area contributed by atoms with E-state index >= 15 is 0 Å². The Morgan fingerprint density at radius 2 is 2.11 bits per heavy atom. The molecule has 2 aromatic rings. The second-order valence-corrected chi connectivity index (χ2v) is 4.41. The number of nitrogens with one attached hydrogen (secondary N) is 1. The summed E-state index contributed by atoms with van der Waals surface area (Å²) in [5.74, 6) is -0.538.